The van der Waals surface area contributed by atoms with E-state index >= 15 is 0 Å². The largest absolute Gasteiger partial charge is 0.379 e. The molecule has 0 saturated carbocycles. The Morgan fingerprint density at radius 2 is 1.92 bits per heavy atom. The Morgan fingerprint density at radius 1 is 1.25 bits per heavy atom. The summed E-state index contributed by atoms with van der Waals surface area (Å²) >= 11 is 0. The first-order valence-corrected chi connectivity index (χ1v) is 7.76. The third kappa shape index (κ3) is 7.74. The maximum absolute atomic E-state index is 13.6. The first-order valence-electron chi connectivity index (χ1n) is 7.76. The zero-order valence-corrected chi connectivity index (χ0v) is 17.3. The van der Waals surface area contributed by atoms with Crippen molar-refractivity contribution in [1.29, 1.82) is 0 Å². The second kappa shape index (κ2) is 10.8. The van der Waals surface area contributed by atoms with Crippen molar-refractivity contribution >= 4 is 29.9 Å². The minimum absolute atomic E-state index is 0. The van der Waals surface area contributed by atoms with Crippen LogP contribution in [0.2, 0.25) is 0 Å². The minimum Gasteiger partial charge on any atom is -0.379 e. The van der Waals surface area contributed by atoms with E-state index in [1.54, 1.807) is 7.11 Å². The Balaban J connectivity index is 0.00000529. The Morgan fingerprint density at radius 3 is 2.46 bits per heavy atom. The van der Waals surface area contributed by atoms with Gasteiger partial charge in [0.2, 0.25) is 0 Å². The fraction of sp³-hybridized carbons (Fsp3) is 0.588. The standard InChI is InChI=1S/C17H27F2N3O.HI/c1-6-20-16(22-11-15(23-5)17(2,3)4)21-10-12-9-13(18)7-8-14(12)19;/h7-9,15H,6,10-11H2,1-5H3,(H2,20,21,22);1H. The van der Waals surface area contributed by atoms with Crippen LogP contribution in [0.5, 0.6) is 0 Å². The molecular weight excluding hydrogens is 427 g/mol. The summed E-state index contributed by atoms with van der Waals surface area (Å²) < 4.78 is 32.3. The molecule has 1 rings (SSSR count). The Hall–Kier alpha value is -0.960. The molecule has 1 aromatic rings. The van der Waals surface area contributed by atoms with Gasteiger partial charge in [-0.25, -0.2) is 13.8 Å². The maximum atomic E-state index is 13.6. The first kappa shape index (κ1) is 23.0. The summed E-state index contributed by atoms with van der Waals surface area (Å²) in [5.74, 6) is -0.389. The second-order valence-electron chi connectivity index (χ2n) is 6.40. The minimum atomic E-state index is -0.471. The number of nitrogens with one attached hydrogen (secondary N) is 2. The number of rotatable bonds is 6. The lowest BCUT2D eigenvalue weighted by Crippen LogP contribution is -2.45. The molecule has 0 aliphatic heterocycles. The van der Waals surface area contributed by atoms with Crippen LogP contribution in [0.3, 0.4) is 0 Å². The molecule has 0 radical (unpaired) electrons. The molecule has 138 valence electrons. The third-order valence-corrected chi connectivity index (χ3v) is 3.46. The van der Waals surface area contributed by atoms with Gasteiger partial charge < -0.3 is 15.4 Å². The molecule has 4 nitrogen and oxygen atoms in total. The van der Waals surface area contributed by atoms with E-state index in [0.717, 1.165) is 18.2 Å². The van der Waals surface area contributed by atoms with Crippen LogP contribution in [-0.2, 0) is 11.3 Å². The van der Waals surface area contributed by atoms with Gasteiger partial charge >= 0.3 is 0 Å². The van der Waals surface area contributed by atoms with Crippen LogP contribution in [0, 0.1) is 17.0 Å². The topological polar surface area (TPSA) is 45.7 Å². The van der Waals surface area contributed by atoms with Crippen LogP contribution in [0.15, 0.2) is 23.2 Å². The van der Waals surface area contributed by atoms with Crippen LogP contribution < -0.4 is 10.6 Å². The van der Waals surface area contributed by atoms with Gasteiger partial charge in [0.25, 0.3) is 0 Å². The summed E-state index contributed by atoms with van der Waals surface area (Å²) in [7, 11) is 1.67. The van der Waals surface area contributed by atoms with Crippen LogP contribution in [0.25, 0.3) is 0 Å². The first-order chi connectivity index (χ1) is 10.8. The highest BCUT2D eigenvalue weighted by Crippen LogP contribution is 2.20. The van der Waals surface area contributed by atoms with Crippen molar-refractivity contribution in [3.05, 3.63) is 35.4 Å². The number of nitrogens with zero attached hydrogens (tertiary/aromatic N) is 1. The van der Waals surface area contributed by atoms with Gasteiger partial charge in [-0.05, 0) is 30.5 Å². The normalized spacial score (nSPS) is 13.2. The summed E-state index contributed by atoms with van der Waals surface area (Å²) in [6.07, 6.45) is -0.00254. The molecule has 0 aliphatic rings. The molecule has 1 unspecified atom stereocenters. The molecule has 0 saturated heterocycles. The van der Waals surface area contributed by atoms with E-state index < -0.39 is 11.6 Å². The van der Waals surface area contributed by atoms with E-state index in [2.05, 4.69) is 36.4 Å². The SMILES string of the molecule is CCNC(=NCc1cc(F)ccc1F)NCC(OC)C(C)(C)C.I. The van der Waals surface area contributed by atoms with Crippen LogP contribution >= 0.6 is 24.0 Å². The highest BCUT2D eigenvalue weighted by Gasteiger charge is 2.24. The Labute approximate surface area is 160 Å². The zero-order valence-electron chi connectivity index (χ0n) is 15.0. The summed E-state index contributed by atoms with van der Waals surface area (Å²) in [6.45, 7) is 9.52. The van der Waals surface area contributed by atoms with Crippen LogP contribution in [0.1, 0.15) is 33.3 Å². The van der Waals surface area contributed by atoms with E-state index in [1.165, 1.54) is 0 Å². The van der Waals surface area contributed by atoms with E-state index in [-0.39, 0.29) is 47.6 Å². The van der Waals surface area contributed by atoms with Crippen molar-refractivity contribution in [3.63, 3.8) is 0 Å². The summed E-state index contributed by atoms with van der Waals surface area (Å²) in [4.78, 5) is 4.31. The monoisotopic (exact) mass is 455 g/mol. The van der Waals surface area contributed by atoms with E-state index in [0.29, 0.717) is 19.0 Å². The number of aliphatic imine (C=N–C) groups is 1. The molecule has 0 aliphatic carbocycles. The average Bonchev–Trinajstić information content (AvgIpc) is 2.47. The Kier molecular flexibility index (Phi) is 10.4. The van der Waals surface area contributed by atoms with Gasteiger partial charge in [0, 0.05) is 25.8 Å². The van der Waals surface area contributed by atoms with Gasteiger partial charge in [-0.3, -0.25) is 0 Å². The van der Waals surface area contributed by atoms with Crippen LogP contribution in [-0.4, -0.2) is 32.3 Å². The number of hydrogen-bond donors (Lipinski definition) is 2. The summed E-state index contributed by atoms with van der Waals surface area (Å²) in [5.41, 5.74) is 0.203. The lowest BCUT2D eigenvalue weighted by atomic mass is 9.89. The van der Waals surface area contributed by atoms with Gasteiger partial charge in [-0.2, -0.15) is 0 Å². The average molecular weight is 455 g/mol. The van der Waals surface area contributed by atoms with Crippen molar-refractivity contribution in [3.8, 4) is 0 Å². The molecule has 0 amide bonds. The molecule has 7 heteroatoms. The Bertz CT molecular complexity index is 533. The van der Waals surface area contributed by atoms with Crippen molar-refractivity contribution in [2.75, 3.05) is 20.2 Å². The number of benzene rings is 1. The van der Waals surface area contributed by atoms with Gasteiger partial charge in [0.1, 0.15) is 11.6 Å². The summed E-state index contributed by atoms with van der Waals surface area (Å²) in [5, 5.41) is 6.27. The molecule has 0 heterocycles. The van der Waals surface area contributed by atoms with Gasteiger partial charge in [-0.1, -0.05) is 20.8 Å². The zero-order chi connectivity index (χ0) is 17.5. The predicted octanol–water partition coefficient (Wildman–Crippen LogP) is 3.70. The molecule has 2 N–H and O–H groups in total. The molecular formula is C17H28F2IN3O. The fourth-order valence-electron chi connectivity index (χ4n) is 2.10. The van der Waals surface area contributed by atoms with E-state index in [9.17, 15) is 8.78 Å². The second-order valence-corrected chi connectivity index (χ2v) is 6.40. The maximum Gasteiger partial charge on any atom is 0.191 e. The molecule has 0 fully saturated rings. The quantitative estimate of drug-likeness (QED) is 0.391. The molecule has 0 aromatic heterocycles. The van der Waals surface area contributed by atoms with Crippen molar-refractivity contribution in [1.82, 2.24) is 10.6 Å². The van der Waals surface area contributed by atoms with Crippen LogP contribution in [0.4, 0.5) is 8.78 Å². The number of halogens is 3. The third-order valence-electron chi connectivity index (χ3n) is 3.46. The number of hydrogen-bond acceptors (Lipinski definition) is 2. The molecule has 1 atom stereocenters. The van der Waals surface area contributed by atoms with Crippen molar-refractivity contribution in [2.24, 2.45) is 10.4 Å². The molecule has 1 aromatic carbocycles. The van der Waals surface area contributed by atoms with E-state index in [4.69, 9.17) is 4.74 Å². The van der Waals surface area contributed by atoms with Gasteiger partial charge in [0.05, 0.1) is 12.6 Å². The lowest BCUT2D eigenvalue weighted by molar-refractivity contribution is 0.0205. The predicted molar refractivity (Wildman–Crippen MR) is 105 cm³/mol. The highest BCUT2D eigenvalue weighted by atomic mass is 127. The number of methoxy groups -OCH3 is 1. The molecule has 24 heavy (non-hydrogen) atoms. The van der Waals surface area contributed by atoms with Gasteiger partial charge in [0.15, 0.2) is 5.96 Å². The smallest absolute Gasteiger partial charge is 0.191 e. The fourth-order valence-corrected chi connectivity index (χ4v) is 2.10. The molecule has 0 bridgehead atoms. The van der Waals surface area contributed by atoms with Gasteiger partial charge in [-0.15, -0.1) is 24.0 Å². The number of ether oxygens (including phenoxy) is 1. The van der Waals surface area contributed by atoms with E-state index in [1.807, 2.05) is 6.92 Å². The number of guanidine groups is 1. The highest BCUT2D eigenvalue weighted by molar-refractivity contribution is 14.0. The van der Waals surface area contributed by atoms with Crippen molar-refractivity contribution in [2.45, 2.75) is 40.3 Å². The van der Waals surface area contributed by atoms with Crippen molar-refractivity contribution < 1.29 is 13.5 Å². The molecule has 0 spiro atoms. The summed E-state index contributed by atoms with van der Waals surface area (Å²) in [6, 6.07) is 3.37. The lowest BCUT2D eigenvalue weighted by Gasteiger charge is -2.30.